The molecule has 0 spiro atoms. The SMILES string of the molecule is CC(C)(C)c1ccc(N2c3ccc4cc3B3c5cc6c(cc5N(c5ccc(C(C)(C)C)cc5-c5ccccc5)c5cc(C(C)(C)C)cc2c53)C(C)(C)CCC6(C)c2cc3c(cc2-c2ccccc2)C2(C)CCc5ccccc5C2(C)N43)c(-c2ccccc2)c1. The minimum Gasteiger partial charge on any atom is -0.330 e. The number of fused-ring (bicyclic) bond motifs is 9. The number of hydrogen-bond donors (Lipinski definition) is 0. The minimum atomic E-state index is -0.423. The second-order valence-corrected chi connectivity index (χ2v) is 31.6. The Morgan fingerprint density at radius 1 is 0.360 bits per heavy atom. The molecule has 442 valence electrons. The van der Waals surface area contributed by atoms with E-state index >= 15 is 0 Å². The molecular weight excluding hydrogens is 1070 g/mol. The lowest BCUT2D eigenvalue weighted by Gasteiger charge is -2.52. The second-order valence-electron chi connectivity index (χ2n) is 31.6. The first kappa shape index (κ1) is 55.9. The highest BCUT2D eigenvalue weighted by atomic mass is 15.3. The van der Waals surface area contributed by atoms with E-state index in [1.807, 2.05) is 0 Å². The van der Waals surface area contributed by atoms with Gasteiger partial charge in [-0.3, -0.25) is 0 Å². The van der Waals surface area contributed by atoms with Gasteiger partial charge in [-0.2, -0.15) is 0 Å². The quantitative estimate of drug-likeness (QED) is 0.159. The van der Waals surface area contributed by atoms with Gasteiger partial charge < -0.3 is 14.7 Å². The number of rotatable bonds is 5. The van der Waals surface area contributed by atoms with Crippen LogP contribution in [0.4, 0.5) is 45.5 Å². The predicted octanol–water partition coefficient (Wildman–Crippen LogP) is 20.6. The molecule has 4 heteroatoms. The third kappa shape index (κ3) is 7.96. The zero-order chi connectivity index (χ0) is 61.7. The second kappa shape index (κ2) is 18.9. The van der Waals surface area contributed by atoms with Gasteiger partial charge in [0, 0.05) is 56.1 Å². The van der Waals surface area contributed by atoms with Gasteiger partial charge in [-0.1, -0.05) is 223 Å². The highest BCUT2D eigenvalue weighted by Crippen LogP contribution is 2.66. The summed E-state index contributed by atoms with van der Waals surface area (Å²) in [5.74, 6) is 0. The molecule has 4 heterocycles. The van der Waals surface area contributed by atoms with E-state index in [1.54, 1.807) is 0 Å². The molecule has 0 saturated heterocycles. The Morgan fingerprint density at radius 2 is 0.865 bits per heavy atom. The summed E-state index contributed by atoms with van der Waals surface area (Å²) < 4.78 is 0. The summed E-state index contributed by atoms with van der Waals surface area (Å²) in [6.45, 7) is 34.1. The van der Waals surface area contributed by atoms with Gasteiger partial charge in [0.2, 0.25) is 0 Å². The Bertz CT molecular complexity index is 4590. The van der Waals surface area contributed by atoms with Crippen LogP contribution in [-0.4, -0.2) is 6.71 Å². The summed E-state index contributed by atoms with van der Waals surface area (Å²) >= 11 is 0. The average Bonchev–Trinajstić information content (AvgIpc) is 1.65. The summed E-state index contributed by atoms with van der Waals surface area (Å²) in [5.41, 5.74) is 32.8. The van der Waals surface area contributed by atoms with Crippen molar-refractivity contribution in [3.05, 3.63) is 256 Å². The van der Waals surface area contributed by atoms with E-state index < -0.39 is 5.54 Å². The van der Waals surface area contributed by atoms with Crippen molar-refractivity contribution in [2.75, 3.05) is 14.7 Å². The molecule has 2 aliphatic carbocycles. The lowest BCUT2D eigenvalue weighted by Crippen LogP contribution is -2.62. The van der Waals surface area contributed by atoms with Gasteiger partial charge in [0.05, 0.1) is 16.9 Å². The topological polar surface area (TPSA) is 9.72 Å². The van der Waals surface area contributed by atoms with E-state index in [0.29, 0.717) is 0 Å². The summed E-state index contributed by atoms with van der Waals surface area (Å²) in [4.78, 5) is 8.33. The first-order valence-corrected chi connectivity index (χ1v) is 33.0. The molecular formula is C85H84BN3. The van der Waals surface area contributed by atoms with Crippen LogP contribution in [0.3, 0.4) is 0 Å². The Balaban J connectivity index is 1.10. The maximum atomic E-state index is 2.86. The molecule has 0 N–H and O–H groups in total. The van der Waals surface area contributed by atoms with E-state index in [4.69, 9.17) is 0 Å². The third-order valence-electron chi connectivity index (χ3n) is 22.9. The standard InChI is InChI=1S/C85H84BN3/c1-79(2,3)57-34-37-71(62(44-57)54-28-20-16-21-29-54)87-73-39-36-60-48-69(73)86-70-50-67-66(52-75(70)88(77-47-59(81(7,8)9)46-76(87)78(77)86)72-38-35-58(80(4,5)6)45-63(72)55-30-22-17-23-31-55)82(10,11)42-43-83(67,12)65-51-74-68(49-61(65)53-26-18-15-19-27-53)84(13)41-40-56-32-24-25-33-64(56)85(84,14)89(60)74/h15-39,44-52H,40-43H2,1-14H3. The van der Waals surface area contributed by atoms with Crippen molar-refractivity contribution in [1.82, 2.24) is 0 Å². The monoisotopic (exact) mass is 1160 g/mol. The average molecular weight is 1160 g/mol. The molecule has 10 aromatic carbocycles. The Hall–Kier alpha value is -8.34. The zero-order valence-electron chi connectivity index (χ0n) is 54.9. The van der Waals surface area contributed by atoms with Crippen molar-refractivity contribution >= 4 is 68.6 Å². The van der Waals surface area contributed by atoms with Gasteiger partial charge in [0.25, 0.3) is 6.71 Å². The highest BCUT2D eigenvalue weighted by molar-refractivity contribution is 7.00. The molecule has 89 heavy (non-hydrogen) atoms. The Labute approximate surface area is 530 Å². The van der Waals surface area contributed by atoms with Gasteiger partial charge in [-0.05, 0) is 216 Å². The van der Waals surface area contributed by atoms with Crippen LogP contribution in [-0.2, 0) is 44.4 Å². The van der Waals surface area contributed by atoms with Crippen molar-refractivity contribution in [2.24, 2.45) is 0 Å². The molecule has 0 aromatic heterocycles. The third-order valence-corrected chi connectivity index (χ3v) is 22.9. The Morgan fingerprint density at radius 3 is 1.44 bits per heavy atom. The first-order chi connectivity index (χ1) is 42.4. The molecule has 4 aliphatic heterocycles. The van der Waals surface area contributed by atoms with Gasteiger partial charge in [-0.25, -0.2) is 0 Å². The van der Waals surface area contributed by atoms with Crippen LogP contribution in [0.2, 0.25) is 0 Å². The number of benzene rings is 10. The van der Waals surface area contributed by atoms with Crippen LogP contribution >= 0.6 is 0 Å². The molecule has 6 bridgehead atoms. The molecule has 3 unspecified atom stereocenters. The minimum absolute atomic E-state index is 0.0698. The molecule has 0 saturated carbocycles. The molecule has 16 rings (SSSR count). The maximum absolute atomic E-state index is 2.86. The lowest BCUT2D eigenvalue weighted by atomic mass is 9.33. The number of nitrogens with zero attached hydrogens (tertiary/aromatic N) is 3. The van der Waals surface area contributed by atoms with Crippen LogP contribution in [0.1, 0.15) is 166 Å². The maximum Gasteiger partial charge on any atom is 0.252 e. The normalized spacial score (nSPS) is 20.7. The van der Waals surface area contributed by atoms with E-state index in [1.165, 1.54) is 145 Å². The summed E-state index contributed by atoms with van der Waals surface area (Å²) in [7, 11) is 0. The van der Waals surface area contributed by atoms with Gasteiger partial charge in [0.15, 0.2) is 0 Å². The first-order valence-electron chi connectivity index (χ1n) is 33.0. The molecule has 3 nitrogen and oxygen atoms in total. The fourth-order valence-electron chi connectivity index (χ4n) is 17.4. The van der Waals surface area contributed by atoms with Crippen LogP contribution in [0, 0.1) is 0 Å². The van der Waals surface area contributed by atoms with Crippen LogP contribution < -0.4 is 31.1 Å². The van der Waals surface area contributed by atoms with E-state index in [9.17, 15) is 0 Å². The summed E-state index contributed by atoms with van der Waals surface area (Å²) in [5, 5.41) is 0. The van der Waals surface area contributed by atoms with Gasteiger partial charge >= 0.3 is 0 Å². The van der Waals surface area contributed by atoms with Crippen molar-refractivity contribution in [3.8, 4) is 33.4 Å². The molecule has 0 fully saturated rings. The van der Waals surface area contributed by atoms with Crippen LogP contribution in [0.15, 0.2) is 206 Å². The van der Waals surface area contributed by atoms with Crippen molar-refractivity contribution in [2.45, 2.75) is 161 Å². The smallest absolute Gasteiger partial charge is 0.252 e. The zero-order valence-corrected chi connectivity index (χ0v) is 54.9. The predicted molar refractivity (Wildman–Crippen MR) is 380 cm³/mol. The summed E-state index contributed by atoms with van der Waals surface area (Å²) in [6.07, 6.45) is 4.17. The largest absolute Gasteiger partial charge is 0.330 e. The van der Waals surface area contributed by atoms with Crippen molar-refractivity contribution < 1.29 is 0 Å². The molecule has 3 atom stereocenters. The van der Waals surface area contributed by atoms with Crippen molar-refractivity contribution in [3.63, 3.8) is 0 Å². The van der Waals surface area contributed by atoms with Crippen LogP contribution in [0.5, 0.6) is 0 Å². The lowest BCUT2D eigenvalue weighted by molar-refractivity contribution is 0.245. The molecule has 0 radical (unpaired) electrons. The molecule has 6 aliphatic rings. The number of aryl methyl sites for hydroxylation is 1. The van der Waals surface area contributed by atoms with Gasteiger partial charge in [-0.15, -0.1) is 0 Å². The fourth-order valence-corrected chi connectivity index (χ4v) is 17.4. The van der Waals surface area contributed by atoms with E-state index in [0.717, 1.165) is 25.7 Å². The Kier molecular flexibility index (Phi) is 11.9. The van der Waals surface area contributed by atoms with E-state index in [2.05, 4.69) is 318 Å². The van der Waals surface area contributed by atoms with Crippen LogP contribution in [0.25, 0.3) is 33.4 Å². The molecule has 0 amide bonds. The molecule has 10 aromatic rings. The number of hydrogen-bond acceptors (Lipinski definition) is 3. The van der Waals surface area contributed by atoms with Gasteiger partial charge in [0.1, 0.15) is 0 Å². The highest BCUT2D eigenvalue weighted by Gasteiger charge is 2.61. The fraction of sp³-hybridized carbons (Fsp3) is 0.294. The van der Waals surface area contributed by atoms with E-state index in [-0.39, 0.29) is 39.2 Å². The van der Waals surface area contributed by atoms with Crippen molar-refractivity contribution in [1.29, 1.82) is 0 Å². The summed E-state index contributed by atoms with van der Waals surface area (Å²) in [6, 6.07) is 82.0. The number of anilines is 8.